The monoisotopic (exact) mass is 97.0 g/mol. The summed E-state index contributed by atoms with van der Waals surface area (Å²) in [5, 5.41) is 0. The van der Waals surface area contributed by atoms with E-state index in [-0.39, 0.29) is 11.6 Å². The molecule has 1 saturated carbocycles. The van der Waals surface area contributed by atoms with Crippen LogP contribution in [0.2, 0.25) is 0 Å². The first-order chi connectivity index (χ1) is 3.37. The summed E-state index contributed by atoms with van der Waals surface area (Å²) in [4.78, 5) is 0. The summed E-state index contributed by atoms with van der Waals surface area (Å²) in [6, 6.07) is 0. The van der Waals surface area contributed by atoms with Crippen LogP contribution < -0.4 is 0 Å². The van der Waals surface area contributed by atoms with Gasteiger partial charge in [0.05, 0.1) is 0 Å². The molecule has 0 bridgehead atoms. The van der Waals surface area contributed by atoms with Gasteiger partial charge in [-0.2, -0.15) is 0 Å². The van der Waals surface area contributed by atoms with Crippen LogP contribution in [-0.4, -0.2) is 11.6 Å². The van der Waals surface area contributed by atoms with Gasteiger partial charge in [0.25, 0.3) is 0 Å². The lowest BCUT2D eigenvalue weighted by Crippen LogP contribution is -2.04. The van der Waals surface area contributed by atoms with Crippen LogP contribution in [0.1, 0.15) is 12.8 Å². The van der Waals surface area contributed by atoms with Crippen LogP contribution in [-0.2, 0) is 9.47 Å². The zero-order valence-electron chi connectivity index (χ0n) is 3.81. The van der Waals surface area contributed by atoms with Crippen molar-refractivity contribution in [1.29, 1.82) is 0 Å². The molecular formula is C5H5O2. The lowest BCUT2D eigenvalue weighted by Gasteiger charge is -2.03. The van der Waals surface area contributed by atoms with Gasteiger partial charge in [0.2, 0.25) is 11.6 Å². The summed E-state index contributed by atoms with van der Waals surface area (Å²) < 4.78 is 10.3. The molecule has 2 heterocycles. The van der Waals surface area contributed by atoms with Crippen molar-refractivity contribution in [3.8, 4) is 0 Å². The van der Waals surface area contributed by atoms with Gasteiger partial charge >= 0.3 is 0 Å². The van der Waals surface area contributed by atoms with Crippen LogP contribution in [0, 0.1) is 6.42 Å². The predicted octanol–water partition coefficient (Wildman–Crippen LogP) is 0.437. The van der Waals surface area contributed by atoms with E-state index in [1.54, 1.807) is 0 Å². The van der Waals surface area contributed by atoms with Gasteiger partial charge < -0.3 is 9.47 Å². The normalized spacial score (nSPS) is 72.0. The minimum Gasteiger partial charge on any atom is -0.307 e. The molecule has 3 aliphatic rings. The third-order valence-corrected chi connectivity index (χ3v) is 1.97. The molecule has 0 N–H and O–H groups in total. The fraction of sp³-hybridized carbons (Fsp3) is 0.800. The molecule has 0 aromatic heterocycles. The van der Waals surface area contributed by atoms with Crippen LogP contribution in [0.15, 0.2) is 0 Å². The Morgan fingerprint density at radius 1 is 1.43 bits per heavy atom. The molecule has 3 rings (SSSR count). The van der Waals surface area contributed by atoms with Crippen LogP contribution in [0.25, 0.3) is 0 Å². The minimum absolute atomic E-state index is 0.0486. The van der Waals surface area contributed by atoms with Gasteiger partial charge in [-0.3, -0.25) is 0 Å². The number of hydrogen-bond donors (Lipinski definition) is 0. The van der Waals surface area contributed by atoms with Gasteiger partial charge in [-0.05, 0) is 6.42 Å². The molecule has 1 aliphatic carbocycles. The quantitative estimate of drug-likeness (QED) is 0.410. The maximum atomic E-state index is 5.14. The van der Waals surface area contributed by atoms with Gasteiger partial charge in [0, 0.05) is 12.8 Å². The summed E-state index contributed by atoms with van der Waals surface area (Å²) in [7, 11) is 0. The largest absolute Gasteiger partial charge is 0.307 e. The molecule has 0 aromatic carbocycles. The van der Waals surface area contributed by atoms with Crippen molar-refractivity contribution >= 4 is 0 Å². The maximum Gasteiger partial charge on any atom is 0.232 e. The van der Waals surface area contributed by atoms with Crippen molar-refractivity contribution in [2.45, 2.75) is 24.4 Å². The SMILES string of the molecule is [CH]1CCC23OC12O3. The fourth-order valence-electron chi connectivity index (χ4n) is 1.41. The van der Waals surface area contributed by atoms with Crippen LogP contribution in [0.5, 0.6) is 0 Å². The van der Waals surface area contributed by atoms with Crippen LogP contribution >= 0.6 is 0 Å². The van der Waals surface area contributed by atoms with Crippen molar-refractivity contribution < 1.29 is 9.47 Å². The average Bonchev–Trinajstić information content (AvgIpc) is 2.26. The number of rotatable bonds is 0. The number of ether oxygens (including phenoxy) is 2. The maximum absolute atomic E-state index is 5.14. The average molecular weight is 97.1 g/mol. The third-order valence-electron chi connectivity index (χ3n) is 1.97. The molecular weight excluding hydrogens is 92.1 g/mol. The van der Waals surface area contributed by atoms with E-state index < -0.39 is 0 Å². The second kappa shape index (κ2) is 0.501. The first-order valence-electron chi connectivity index (χ1n) is 2.62. The zero-order chi connectivity index (χ0) is 4.54. The highest BCUT2D eigenvalue weighted by Crippen LogP contribution is 2.75. The van der Waals surface area contributed by atoms with Crippen LogP contribution in [0.4, 0.5) is 0 Å². The summed E-state index contributed by atoms with van der Waals surface area (Å²) >= 11 is 0. The molecule has 2 aliphatic heterocycles. The van der Waals surface area contributed by atoms with Crippen molar-refractivity contribution in [2.24, 2.45) is 0 Å². The van der Waals surface area contributed by atoms with Crippen molar-refractivity contribution in [3.05, 3.63) is 6.42 Å². The van der Waals surface area contributed by atoms with Gasteiger partial charge in [-0.15, -0.1) is 0 Å². The molecule has 2 nitrogen and oxygen atoms in total. The summed E-state index contributed by atoms with van der Waals surface area (Å²) in [5.41, 5.74) is 0. The lowest BCUT2D eigenvalue weighted by molar-refractivity contribution is -0.101. The molecule has 3 fully saturated rings. The predicted molar refractivity (Wildman–Crippen MR) is 21.2 cm³/mol. The molecule has 0 unspecified atom stereocenters. The highest BCUT2D eigenvalue weighted by atomic mass is 17.0. The molecule has 37 valence electrons. The Labute approximate surface area is 41.4 Å². The second-order valence-electron chi connectivity index (χ2n) is 2.37. The highest BCUT2D eigenvalue weighted by molar-refractivity contribution is 5.29. The Kier molecular flexibility index (Phi) is 0.218. The summed E-state index contributed by atoms with van der Waals surface area (Å²) in [6.45, 7) is 0. The lowest BCUT2D eigenvalue weighted by atomic mass is 10.3. The van der Waals surface area contributed by atoms with E-state index in [1.807, 2.05) is 0 Å². The molecule has 7 heavy (non-hydrogen) atoms. The Morgan fingerprint density at radius 3 is 2.43 bits per heavy atom. The van der Waals surface area contributed by atoms with E-state index in [0.717, 1.165) is 6.42 Å². The molecule has 2 saturated heterocycles. The van der Waals surface area contributed by atoms with Gasteiger partial charge in [0.1, 0.15) is 0 Å². The molecule has 1 radical (unpaired) electrons. The fourth-order valence-corrected chi connectivity index (χ4v) is 1.41. The molecule has 0 amide bonds. The van der Waals surface area contributed by atoms with E-state index in [2.05, 4.69) is 6.42 Å². The Balaban J connectivity index is 2.15. The highest BCUT2D eigenvalue weighted by Gasteiger charge is 2.92. The molecule has 2 heteroatoms. The van der Waals surface area contributed by atoms with Gasteiger partial charge in [0.15, 0.2) is 0 Å². The van der Waals surface area contributed by atoms with E-state index in [4.69, 9.17) is 9.47 Å². The smallest absolute Gasteiger partial charge is 0.232 e. The molecule has 0 aromatic rings. The zero-order valence-corrected chi connectivity index (χ0v) is 3.81. The topological polar surface area (TPSA) is 25.1 Å². The van der Waals surface area contributed by atoms with Gasteiger partial charge in [-0.1, -0.05) is 0 Å². The van der Waals surface area contributed by atoms with Crippen molar-refractivity contribution in [1.82, 2.24) is 0 Å². The number of hydrogen-bond acceptors (Lipinski definition) is 2. The number of epoxide rings is 2. The summed E-state index contributed by atoms with van der Waals surface area (Å²) in [5.74, 6) is -0.167. The first kappa shape index (κ1) is 3.05. The Bertz CT molecular complexity index is 121. The Morgan fingerprint density at radius 2 is 2.29 bits per heavy atom. The van der Waals surface area contributed by atoms with Crippen molar-refractivity contribution in [2.75, 3.05) is 0 Å². The Hall–Kier alpha value is -0.0800. The summed E-state index contributed by atoms with van der Waals surface area (Å²) in [6.07, 6.45) is 4.39. The first-order valence-corrected chi connectivity index (χ1v) is 2.62. The van der Waals surface area contributed by atoms with E-state index >= 15 is 0 Å². The van der Waals surface area contributed by atoms with E-state index in [0.29, 0.717) is 0 Å². The van der Waals surface area contributed by atoms with Crippen LogP contribution in [0.3, 0.4) is 0 Å². The molecule has 0 spiro atoms. The van der Waals surface area contributed by atoms with Crippen molar-refractivity contribution in [3.63, 3.8) is 0 Å². The van der Waals surface area contributed by atoms with Gasteiger partial charge in [-0.25, -0.2) is 0 Å². The van der Waals surface area contributed by atoms with E-state index in [1.165, 1.54) is 6.42 Å². The minimum atomic E-state index is -0.118. The standard InChI is InChI=1S/C5H5O2/c1-2-4-5(3-1,6-4)7-4/h2H,1,3H2. The second-order valence-corrected chi connectivity index (χ2v) is 2.37. The third kappa shape index (κ3) is 0.146. The van der Waals surface area contributed by atoms with E-state index in [9.17, 15) is 0 Å². The molecule has 0 atom stereocenters.